The summed E-state index contributed by atoms with van der Waals surface area (Å²) in [7, 11) is 2.90. The summed E-state index contributed by atoms with van der Waals surface area (Å²) in [5.41, 5.74) is 1.68. The Morgan fingerprint density at radius 3 is 2.52 bits per heavy atom. The lowest BCUT2D eigenvalue weighted by Crippen LogP contribution is -2.53. The number of aryl methyl sites for hydroxylation is 1. The molecule has 0 amide bonds. The summed E-state index contributed by atoms with van der Waals surface area (Å²) in [6, 6.07) is 7.74. The predicted octanol–water partition coefficient (Wildman–Crippen LogP) is 5.38. The van der Waals surface area contributed by atoms with Gasteiger partial charge in [-0.1, -0.05) is 23.4 Å². The fraction of sp³-hybridized carbons (Fsp3) is 0.361. The largest absolute Gasteiger partial charge is 0.507 e. The number of rotatable bonds is 5. The minimum absolute atomic E-state index is 0.00914. The van der Waals surface area contributed by atoms with Gasteiger partial charge in [-0.05, 0) is 48.7 Å². The number of hydrogen-bond donors (Lipinski definition) is 2. The number of halogens is 1. The Labute approximate surface area is 273 Å². The van der Waals surface area contributed by atoms with Gasteiger partial charge in [-0.15, -0.1) is 0 Å². The van der Waals surface area contributed by atoms with Crippen LogP contribution in [0.15, 0.2) is 47.0 Å². The SMILES string of the molecule is COc1cc(C)cc2c1C(=O)[C@H]1[C@@H](O)C3C=CC1(Cc1cc(O)c4c(-c5c(F)ccc(OC)c5C5OCCO5)noc4c13)[C@H]2OC(C)=O. The molecule has 12 heteroatoms. The van der Waals surface area contributed by atoms with Gasteiger partial charge in [0, 0.05) is 29.4 Å². The molecule has 248 valence electrons. The summed E-state index contributed by atoms with van der Waals surface area (Å²) in [5, 5.41) is 28.2. The van der Waals surface area contributed by atoms with E-state index in [1.807, 2.05) is 13.0 Å². The average molecular weight is 658 g/mol. The van der Waals surface area contributed by atoms with Gasteiger partial charge in [-0.2, -0.15) is 0 Å². The van der Waals surface area contributed by atoms with E-state index in [4.69, 9.17) is 28.2 Å². The van der Waals surface area contributed by atoms with E-state index >= 15 is 4.39 Å². The second-order valence-corrected chi connectivity index (χ2v) is 12.7. The number of methoxy groups -OCH3 is 2. The molecule has 1 aromatic heterocycles. The van der Waals surface area contributed by atoms with Gasteiger partial charge >= 0.3 is 5.97 Å². The summed E-state index contributed by atoms with van der Waals surface area (Å²) in [6.45, 7) is 3.73. The van der Waals surface area contributed by atoms with Crippen LogP contribution in [0.3, 0.4) is 0 Å². The number of Topliss-reactive ketones (excluding diaryl/α,β-unsaturated/α-hetero) is 1. The molecule has 1 spiro atoms. The standard InChI is InChI=1S/C36H32FNO10/c1-15-11-19-25(23(12-15)44-4)32(42)29-31(41)18-7-8-36(29,34(19)47-16(2)39)14-17-13-21(40)27-30(38-48-33(27)24(17)18)26-20(37)5-6-22(43-3)28(26)35-45-9-10-46-35/h5-8,11-13,18,29,31,34-35,40-41H,9-10,14H2,1-4H3/t18?,29-,31+,34+,36?/m1/s1. The van der Waals surface area contributed by atoms with E-state index < -0.39 is 47.5 Å². The Morgan fingerprint density at radius 2 is 1.81 bits per heavy atom. The predicted molar refractivity (Wildman–Crippen MR) is 166 cm³/mol. The van der Waals surface area contributed by atoms with Crippen molar-refractivity contribution in [3.63, 3.8) is 0 Å². The van der Waals surface area contributed by atoms with E-state index in [-0.39, 0.29) is 51.3 Å². The summed E-state index contributed by atoms with van der Waals surface area (Å²) >= 11 is 0. The molecule has 2 heterocycles. The number of aromatic nitrogens is 1. The number of phenols is 1. The number of phenolic OH excluding ortho intramolecular Hbond substituents is 1. The first-order valence-electron chi connectivity index (χ1n) is 15.6. The lowest BCUT2D eigenvalue weighted by molar-refractivity contribution is -0.157. The van der Waals surface area contributed by atoms with Crippen LogP contribution in [0.1, 0.15) is 63.4 Å². The smallest absolute Gasteiger partial charge is 0.303 e. The lowest BCUT2D eigenvalue weighted by Gasteiger charge is -2.50. The Bertz CT molecular complexity index is 2060. The molecule has 1 aliphatic heterocycles. The zero-order valence-corrected chi connectivity index (χ0v) is 26.5. The molecule has 0 saturated carbocycles. The number of aliphatic hydroxyl groups excluding tert-OH is 1. The Morgan fingerprint density at radius 1 is 1.06 bits per heavy atom. The molecular weight excluding hydrogens is 625 g/mol. The van der Waals surface area contributed by atoms with Crippen LogP contribution in [-0.2, 0) is 25.4 Å². The van der Waals surface area contributed by atoms with Crippen molar-refractivity contribution in [1.29, 1.82) is 0 Å². The third kappa shape index (κ3) is 4.12. The van der Waals surface area contributed by atoms with Gasteiger partial charge in [0.25, 0.3) is 0 Å². The van der Waals surface area contributed by atoms with Crippen molar-refractivity contribution in [2.24, 2.45) is 11.3 Å². The third-order valence-corrected chi connectivity index (χ3v) is 10.1. The highest BCUT2D eigenvalue weighted by Gasteiger charge is 2.62. The topological polar surface area (TPSA) is 147 Å². The molecule has 2 unspecified atom stereocenters. The van der Waals surface area contributed by atoms with Crippen LogP contribution in [0.2, 0.25) is 0 Å². The van der Waals surface area contributed by atoms with E-state index in [9.17, 15) is 19.8 Å². The van der Waals surface area contributed by atoms with E-state index in [1.165, 1.54) is 39.3 Å². The normalized spacial score (nSPS) is 25.8. The number of aliphatic hydroxyl groups is 1. The minimum atomic E-state index is -1.30. The monoisotopic (exact) mass is 657 g/mol. The summed E-state index contributed by atoms with van der Waals surface area (Å²) in [5.74, 6) is -3.06. The molecule has 9 rings (SSSR count). The second kappa shape index (κ2) is 10.9. The molecule has 4 aromatic rings. The average Bonchev–Trinajstić information content (AvgIpc) is 3.69. The van der Waals surface area contributed by atoms with Crippen molar-refractivity contribution >= 4 is 22.7 Å². The van der Waals surface area contributed by atoms with Gasteiger partial charge in [-0.3, -0.25) is 9.59 Å². The molecule has 11 nitrogen and oxygen atoms in total. The zero-order valence-electron chi connectivity index (χ0n) is 26.5. The highest BCUT2D eigenvalue weighted by molar-refractivity contribution is 6.05. The quantitative estimate of drug-likeness (QED) is 0.211. The number of aromatic hydroxyl groups is 1. The van der Waals surface area contributed by atoms with Gasteiger partial charge < -0.3 is 38.4 Å². The van der Waals surface area contributed by atoms with E-state index in [1.54, 1.807) is 18.2 Å². The van der Waals surface area contributed by atoms with Gasteiger partial charge in [0.1, 0.15) is 34.9 Å². The molecule has 3 aromatic carbocycles. The van der Waals surface area contributed by atoms with Crippen LogP contribution in [0.25, 0.3) is 22.2 Å². The van der Waals surface area contributed by atoms with Crippen molar-refractivity contribution < 1.29 is 52.4 Å². The maximum absolute atomic E-state index is 15.8. The second-order valence-electron chi connectivity index (χ2n) is 12.7. The number of benzene rings is 3. The molecule has 48 heavy (non-hydrogen) atoms. The number of ketones is 1. The summed E-state index contributed by atoms with van der Waals surface area (Å²) in [6.07, 6.45) is 0.500. The van der Waals surface area contributed by atoms with Gasteiger partial charge in [0.2, 0.25) is 0 Å². The number of esters is 1. The van der Waals surface area contributed by atoms with Crippen LogP contribution >= 0.6 is 0 Å². The maximum Gasteiger partial charge on any atom is 0.303 e. The molecular formula is C36H32FNO10. The lowest BCUT2D eigenvalue weighted by atomic mass is 9.55. The molecule has 2 bridgehead atoms. The maximum atomic E-state index is 15.8. The van der Waals surface area contributed by atoms with Crippen molar-refractivity contribution in [3.05, 3.63) is 81.7 Å². The van der Waals surface area contributed by atoms with E-state index in [2.05, 4.69) is 5.16 Å². The fourth-order valence-corrected chi connectivity index (χ4v) is 8.34. The van der Waals surface area contributed by atoms with Gasteiger partial charge in [0.05, 0.1) is 61.5 Å². The van der Waals surface area contributed by atoms with Crippen molar-refractivity contribution in [3.8, 4) is 28.5 Å². The summed E-state index contributed by atoms with van der Waals surface area (Å²) < 4.78 is 50.4. The number of hydrogen-bond acceptors (Lipinski definition) is 11. The molecule has 4 aliphatic carbocycles. The molecule has 5 atom stereocenters. The van der Waals surface area contributed by atoms with Crippen molar-refractivity contribution in [2.75, 3.05) is 27.4 Å². The highest BCUT2D eigenvalue weighted by Crippen LogP contribution is 2.62. The number of ether oxygens (including phenoxy) is 5. The van der Waals surface area contributed by atoms with Crippen LogP contribution in [-0.4, -0.2) is 60.7 Å². The van der Waals surface area contributed by atoms with Crippen molar-refractivity contribution in [2.45, 2.75) is 44.7 Å². The third-order valence-electron chi connectivity index (χ3n) is 10.1. The van der Waals surface area contributed by atoms with Crippen LogP contribution in [0.5, 0.6) is 17.2 Å². The first-order chi connectivity index (χ1) is 23.1. The molecule has 1 saturated heterocycles. The number of nitrogens with zero attached hydrogens (tertiary/aromatic N) is 1. The van der Waals surface area contributed by atoms with Crippen LogP contribution in [0, 0.1) is 24.1 Å². The number of carbonyl (C=O) groups is 2. The number of carbonyl (C=O) groups excluding carboxylic acids is 2. The van der Waals surface area contributed by atoms with Crippen molar-refractivity contribution in [1.82, 2.24) is 5.16 Å². The molecule has 2 N–H and O–H groups in total. The van der Waals surface area contributed by atoms with Crippen LogP contribution < -0.4 is 9.47 Å². The minimum Gasteiger partial charge on any atom is -0.507 e. The van der Waals surface area contributed by atoms with Gasteiger partial charge in [0.15, 0.2) is 17.7 Å². The van der Waals surface area contributed by atoms with Gasteiger partial charge in [-0.25, -0.2) is 4.39 Å². The molecule has 5 aliphatic rings. The highest BCUT2D eigenvalue weighted by atomic mass is 19.1. The van der Waals surface area contributed by atoms with Crippen LogP contribution in [0.4, 0.5) is 4.39 Å². The van der Waals surface area contributed by atoms with E-state index in [0.29, 0.717) is 41.4 Å². The molecule has 0 radical (unpaired) electrons. The number of fused-ring (bicyclic) bond motifs is 2. The Hall–Kier alpha value is -4.78. The Balaban J connectivity index is 1.36. The molecule has 1 fully saturated rings. The Kier molecular flexibility index (Phi) is 6.92. The zero-order chi connectivity index (χ0) is 33.6. The first kappa shape index (κ1) is 30.5. The van der Waals surface area contributed by atoms with E-state index in [0.717, 1.165) is 5.56 Å². The fourth-order valence-electron chi connectivity index (χ4n) is 8.34. The summed E-state index contributed by atoms with van der Waals surface area (Å²) in [4.78, 5) is 27.1. The first-order valence-corrected chi connectivity index (χ1v) is 15.6.